The molecule has 0 aromatic heterocycles. The smallest absolute Gasteiger partial charge is 1.00 e. The number of aliphatic carboxylic acids is 2. The number of aliphatic hydroxyl groups is 1. The summed E-state index contributed by atoms with van der Waals surface area (Å²) >= 11 is 0. The molecule has 0 spiro atoms. The molecule has 7 nitrogen and oxygen atoms in total. The molecule has 0 aliphatic heterocycles. The molecule has 1 unspecified atom stereocenters. The standard InChI is InChI=1S/C18H32O7.2Na.2H/c1-2-3-4-5-6-7-8-9-10-11-12-25-16(21)14-18(24,17(22)23)13-15(19)20;;;;/h24H,2-14H2,1H3,(H,19,20)(H,22,23);;;;/q;2*+1;2*-1. The number of carbonyl (C=O) groups excluding carboxylic acids is 1. The van der Waals surface area contributed by atoms with Crippen LogP contribution >= 0.6 is 0 Å². The summed E-state index contributed by atoms with van der Waals surface area (Å²) < 4.78 is 4.89. The zero-order valence-electron chi connectivity index (χ0n) is 19.2. The van der Waals surface area contributed by atoms with E-state index in [-0.39, 0.29) is 68.6 Å². The van der Waals surface area contributed by atoms with Crippen molar-refractivity contribution in [1.29, 1.82) is 0 Å². The quantitative estimate of drug-likeness (QED) is 0.145. The molecule has 150 valence electrons. The molecule has 27 heavy (non-hydrogen) atoms. The van der Waals surface area contributed by atoms with Crippen LogP contribution in [0.15, 0.2) is 0 Å². The molecule has 0 rings (SSSR count). The van der Waals surface area contributed by atoms with E-state index in [4.69, 9.17) is 14.9 Å². The zero-order valence-corrected chi connectivity index (χ0v) is 21.2. The third-order valence-electron chi connectivity index (χ3n) is 4.04. The Bertz CT molecular complexity index is 429. The monoisotopic (exact) mass is 408 g/mol. The van der Waals surface area contributed by atoms with E-state index in [0.29, 0.717) is 6.42 Å². The van der Waals surface area contributed by atoms with Gasteiger partial charge in [-0.15, -0.1) is 0 Å². The molecule has 0 radical (unpaired) electrons. The van der Waals surface area contributed by atoms with Crippen LogP contribution in [0.25, 0.3) is 0 Å². The molecule has 3 N–H and O–H groups in total. The summed E-state index contributed by atoms with van der Waals surface area (Å²) in [5.74, 6) is -4.14. The topological polar surface area (TPSA) is 121 Å². The number of esters is 1. The van der Waals surface area contributed by atoms with Gasteiger partial charge < -0.3 is 22.9 Å². The second kappa shape index (κ2) is 19.7. The van der Waals surface area contributed by atoms with Crippen LogP contribution in [0.5, 0.6) is 0 Å². The summed E-state index contributed by atoms with van der Waals surface area (Å²) in [6.07, 6.45) is 9.49. The van der Waals surface area contributed by atoms with Crippen molar-refractivity contribution < 1.29 is 96.4 Å². The molecule has 0 fully saturated rings. The maximum Gasteiger partial charge on any atom is 1.00 e. The van der Waals surface area contributed by atoms with Crippen molar-refractivity contribution in [1.82, 2.24) is 0 Å². The van der Waals surface area contributed by atoms with Gasteiger partial charge in [-0.3, -0.25) is 9.59 Å². The molecule has 0 bridgehead atoms. The Morgan fingerprint density at radius 2 is 1.26 bits per heavy atom. The summed E-state index contributed by atoms with van der Waals surface area (Å²) in [7, 11) is 0. The Labute approximate surface area is 209 Å². The van der Waals surface area contributed by atoms with Crippen molar-refractivity contribution in [3.05, 3.63) is 0 Å². The fourth-order valence-corrected chi connectivity index (χ4v) is 2.53. The maximum atomic E-state index is 11.6. The average Bonchev–Trinajstić information content (AvgIpc) is 2.51. The predicted molar refractivity (Wildman–Crippen MR) is 94.5 cm³/mol. The summed E-state index contributed by atoms with van der Waals surface area (Å²) in [4.78, 5) is 33.1. The first-order valence-corrected chi connectivity index (χ1v) is 9.15. The Morgan fingerprint density at radius 1 is 0.815 bits per heavy atom. The van der Waals surface area contributed by atoms with Crippen LogP contribution in [-0.2, 0) is 19.1 Å². The van der Waals surface area contributed by atoms with Gasteiger partial charge in [0.15, 0.2) is 5.60 Å². The minimum Gasteiger partial charge on any atom is -1.00 e. The first-order chi connectivity index (χ1) is 11.8. The third-order valence-corrected chi connectivity index (χ3v) is 4.04. The number of rotatable bonds is 16. The van der Waals surface area contributed by atoms with Gasteiger partial charge in [0.05, 0.1) is 19.4 Å². The Kier molecular flexibility index (Phi) is 23.4. The van der Waals surface area contributed by atoms with Gasteiger partial charge in [0.1, 0.15) is 0 Å². The number of carboxylic acid groups (broad SMARTS) is 2. The fraction of sp³-hybridized carbons (Fsp3) is 0.833. The van der Waals surface area contributed by atoms with Gasteiger partial charge in [-0.1, -0.05) is 64.7 Å². The number of hydrogen-bond donors (Lipinski definition) is 3. The average molecular weight is 408 g/mol. The van der Waals surface area contributed by atoms with E-state index in [1.807, 2.05) is 0 Å². The van der Waals surface area contributed by atoms with Crippen molar-refractivity contribution >= 4 is 17.9 Å². The summed E-state index contributed by atoms with van der Waals surface area (Å²) in [5.41, 5.74) is -2.62. The third kappa shape index (κ3) is 18.2. The van der Waals surface area contributed by atoms with Crippen LogP contribution in [-0.4, -0.2) is 45.4 Å². The molecule has 0 amide bonds. The first-order valence-electron chi connectivity index (χ1n) is 9.15. The van der Waals surface area contributed by atoms with Gasteiger partial charge in [-0.25, -0.2) is 4.79 Å². The number of hydrogen-bond acceptors (Lipinski definition) is 5. The van der Waals surface area contributed by atoms with Crippen molar-refractivity contribution in [2.75, 3.05) is 6.61 Å². The van der Waals surface area contributed by atoms with Crippen LogP contribution < -0.4 is 59.1 Å². The molecule has 9 heteroatoms. The molecule has 0 aromatic rings. The first kappa shape index (κ1) is 32.0. The number of carboxylic acids is 2. The van der Waals surface area contributed by atoms with Crippen molar-refractivity contribution in [2.24, 2.45) is 0 Å². The minimum atomic E-state index is -2.62. The van der Waals surface area contributed by atoms with Crippen LogP contribution in [0.3, 0.4) is 0 Å². The molecule has 0 heterocycles. The van der Waals surface area contributed by atoms with Gasteiger partial charge in [-0.05, 0) is 6.42 Å². The van der Waals surface area contributed by atoms with E-state index in [9.17, 15) is 19.5 Å². The SMILES string of the molecule is CCCCCCCCCCCCOC(=O)CC(O)(CC(=O)O)C(=O)O.[H-].[H-].[Na+].[Na+]. The van der Waals surface area contributed by atoms with Crippen LogP contribution in [0.2, 0.25) is 0 Å². The fourth-order valence-electron chi connectivity index (χ4n) is 2.53. The van der Waals surface area contributed by atoms with Gasteiger partial charge in [0.2, 0.25) is 0 Å². The maximum absolute atomic E-state index is 11.6. The molecular weight excluding hydrogens is 374 g/mol. The van der Waals surface area contributed by atoms with E-state index in [2.05, 4.69) is 6.92 Å². The second-order valence-electron chi connectivity index (χ2n) is 6.49. The van der Waals surface area contributed by atoms with Crippen molar-refractivity contribution in [3.63, 3.8) is 0 Å². The Hall–Kier alpha value is 0.370. The summed E-state index contributed by atoms with van der Waals surface area (Å²) in [6, 6.07) is 0. The summed E-state index contributed by atoms with van der Waals surface area (Å²) in [6.45, 7) is 2.35. The van der Waals surface area contributed by atoms with Crippen LogP contribution in [0, 0.1) is 0 Å². The van der Waals surface area contributed by atoms with E-state index in [1.54, 1.807) is 0 Å². The van der Waals surface area contributed by atoms with E-state index in [1.165, 1.54) is 38.5 Å². The molecule has 0 aliphatic rings. The Morgan fingerprint density at radius 3 is 1.67 bits per heavy atom. The Balaban J connectivity index is -0.000000480. The zero-order chi connectivity index (χ0) is 19.1. The van der Waals surface area contributed by atoms with Crippen molar-refractivity contribution in [3.8, 4) is 0 Å². The molecule has 0 saturated heterocycles. The molecule has 0 saturated carbocycles. The van der Waals surface area contributed by atoms with Crippen molar-refractivity contribution in [2.45, 2.75) is 89.6 Å². The summed E-state index contributed by atoms with van der Waals surface area (Å²) in [5, 5.41) is 27.2. The number of carbonyl (C=O) groups is 3. The van der Waals surface area contributed by atoms with E-state index >= 15 is 0 Å². The molecule has 1 atom stereocenters. The normalized spacial score (nSPS) is 12.2. The van der Waals surface area contributed by atoms with Gasteiger partial charge in [0.25, 0.3) is 0 Å². The predicted octanol–water partition coefficient (Wildman–Crippen LogP) is -2.64. The number of ether oxygens (including phenoxy) is 1. The molecule has 0 aromatic carbocycles. The second-order valence-corrected chi connectivity index (χ2v) is 6.49. The van der Waals surface area contributed by atoms with Gasteiger partial charge in [0, 0.05) is 0 Å². The van der Waals surface area contributed by atoms with E-state index in [0.717, 1.165) is 19.3 Å². The molecule has 0 aliphatic carbocycles. The van der Waals surface area contributed by atoms with Gasteiger partial charge in [-0.2, -0.15) is 0 Å². The number of unbranched alkanes of at least 4 members (excludes halogenated alkanes) is 9. The van der Waals surface area contributed by atoms with Crippen LogP contribution in [0.4, 0.5) is 0 Å². The van der Waals surface area contributed by atoms with E-state index < -0.39 is 36.4 Å². The van der Waals surface area contributed by atoms with Crippen LogP contribution in [0.1, 0.15) is 86.8 Å². The minimum absolute atomic E-state index is 0. The van der Waals surface area contributed by atoms with Gasteiger partial charge >= 0.3 is 77.0 Å². The largest absolute Gasteiger partial charge is 1.00 e. The molecular formula is C18H34Na2O7.